The Morgan fingerprint density at radius 2 is 1.33 bits per heavy atom. The molecule has 2 fully saturated rings. The lowest BCUT2D eigenvalue weighted by Crippen LogP contribution is -2.25. The Morgan fingerprint density at radius 1 is 0.857 bits per heavy atom. The topological polar surface area (TPSA) is 0 Å². The molecule has 118 valence electrons. The Hall–Kier alpha value is -0.920. The third kappa shape index (κ3) is 4.52. The summed E-state index contributed by atoms with van der Waals surface area (Å²) in [5, 5.41) is 0. The predicted octanol–water partition coefficient (Wildman–Crippen LogP) is 6.51. The van der Waals surface area contributed by atoms with Gasteiger partial charge in [0.1, 0.15) is 0 Å². The third-order valence-electron chi connectivity index (χ3n) is 5.59. The average Bonchev–Trinajstić information content (AvgIpc) is 2.48. The van der Waals surface area contributed by atoms with Crippen LogP contribution in [0.25, 0.3) is 0 Å². The van der Waals surface area contributed by atoms with Gasteiger partial charge in [0.2, 0.25) is 0 Å². The second-order valence-corrected chi connectivity index (χ2v) is 7.10. The number of halogens is 2. The Morgan fingerprint density at radius 3 is 1.81 bits per heavy atom. The Bertz CT molecular complexity index is 405. The van der Waals surface area contributed by atoms with Crippen LogP contribution in [0, 0.1) is 23.7 Å². The quantitative estimate of drug-likeness (QED) is 0.518. The fourth-order valence-electron chi connectivity index (χ4n) is 4.08. The molecule has 0 unspecified atom stereocenters. The van der Waals surface area contributed by atoms with Crippen LogP contribution in [0.4, 0.5) is 8.78 Å². The van der Waals surface area contributed by atoms with Crippen molar-refractivity contribution < 1.29 is 8.78 Å². The molecule has 0 heterocycles. The zero-order valence-corrected chi connectivity index (χ0v) is 13.2. The standard InChI is InChI=1S/C19H28F2/c1-13-4-6-17(7-5-13)18-10-8-16(9-11-18)14(2)12-19(21)15(3)20/h12-13,16-18H,2-11H2,1H3/b19-12+. The van der Waals surface area contributed by atoms with Gasteiger partial charge >= 0.3 is 0 Å². The molecular formula is C19H28F2. The Kier molecular flexibility index (Phi) is 5.78. The number of rotatable bonds is 4. The molecule has 2 saturated carbocycles. The van der Waals surface area contributed by atoms with Crippen LogP contribution in [0.15, 0.2) is 36.5 Å². The van der Waals surface area contributed by atoms with E-state index in [0.717, 1.165) is 36.2 Å². The highest BCUT2D eigenvalue weighted by Gasteiger charge is 2.30. The van der Waals surface area contributed by atoms with Crippen LogP contribution in [0.1, 0.15) is 58.3 Å². The minimum Gasteiger partial charge on any atom is -0.204 e. The number of hydrogen-bond donors (Lipinski definition) is 0. The predicted molar refractivity (Wildman–Crippen MR) is 85.1 cm³/mol. The van der Waals surface area contributed by atoms with Crippen LogP contribution in [-0.2, 0) is 0 Å². The molecule has 21 heavy (non-hydrogen) atoms. The molecule has 2 heteroatoms. The molecule has 0 aromatic carbocycles. The smallest absolute Gasteiger partial charge is 0.158 e. The van der Waals surface area contributed by atoms with Crippen molar-refractivity contribution in [2.75, 3.05) is 0 Å². The van der Waals surface area contributed by atoms with Gasteiger partial charge in [-0.2, -0.15) is 0 Å². The maximum absolute atomic E-state index is 13.3. The van der Waals surface area contributed by atoms with Crippen molar-refractivity contribution in [2.45, 2.75) is 58.3 Å². The second kappa shape index (κ2) is 7.38. The van der Waals surface area contributed by atoms with Gasteiger partial charge in [-0.25, -0.2) is 8.78 Å². The van der Waals surface area contributed by atoms with E-state index in [4.69, 9.17) is 0 Å². The Balaban J connectivity index is 1.82. The van der Waals surface area contributed by atoms with Gasteiger partial charge in [0, 0.05) is 0 Å². The maximum Gasteiger partial charge on any atom is 0.158 e. The normalized spacial score (nSPS) is 34.5. The van der Waals surface area contributed by atoms with Gasteiger partial charge in [-0.3, -0.25) is 0 Å². The molecule has 2 aliphatic rings. The lowest BCUT2D eigenvalue weighted by molar-refractivity contribution is 0.159. The average molecular weight is 294 g/mol. The van der Waals surface area contributed by atoms with Crippen LogP contribution in [-0.4, -0.2) is 0 Å². The highest BCUT2D eigenvalue weighted by molar-refractivity contribution is 5.28. The number of allylic oxidation sites excluding steroid dienone is 4. The van der Waals surface area contributed by atoms with E-state index in [1.807, 2.05) is 0 Å². The van der Waals surface area contributed by atoms with Crippen molar-refractivity contribution >= 4 is 0 Å². The highest BCUT2D eigenvalue weighted by atomic mass is 19.2. The molecule has 0 aromatic rings. The van der Waals surface area contributed by atoms with Gasteiger partial charge < -0.3 is 0 Å². The molecule has 2 aliphatic carbocycles. The fourth-order valence-corrected chi connectivity index (χ4v) is 4.08. The molecule has 0 aliphatic heterocycles. The molecule has 0 nitrogen and oxygen atoms in total. The molecule has 0 atom stereocenters. The van der Waals surface area contributed by atoms with Gasteiger partial charge in [0.25, 0.3) is 0 Å². The highest BCUT2D eigenvalue weighted by Crippen LogP contribution is 2.42. The largest absolute Gasteiger partial charge is 0.204 e. The molecule has 0 amide bonds. The molecule has 0 saturated heterocycles. The molecule has 0 N–H and O–H groups in total. The van der Waals surface area contributed by atoms with Crippen LogP contribution >= 0.6 is 0 Å². The van der Waals surface area contributed by atoms with E-state index in [-0.39, 0.29) is 0 Å². The first kappa shape index (κ1) is 16.5. The summed E-state index contributed by atoms with van der Waals surface area (Å²) in [7, 11) is 0. The number of hydrogen-bond acceptors (Lipinski definition) is 0. The van der Waals surface area contributed by atoms with Gasteiger partial charge in [-0.1, -0.05) is 32.9 Å². The molecular weight excluding hydrogens is 266 g/mol. The minimum absolute atomic E-state index is 0.314. The lowest BCUT2D eigenvalue weighted by Gasteiger charge is -2.37. The van der Waals surface area contributed by atoms with E-state index < -0.39 is 11.7 Å². The summed E-state index contributed by atoms with van der Waals surface area (Å²) in [6.45, 7) is 9.26. The summed E-state index contributed by atoms with van der Waals surface area (Å²) >= 11 is 0. The summed E-state index contributed by atoms with van der Waals surface area (Å²) in [5.74, 6) is 1.08. The summed E-state index contributed by atoms with van der Waals surface area (Å²) in [5.41, 5.74) is 0.724. The first-order chi connectivity index (χ1) is 9.97. The monoisotopic (exact) mass is 294 g/mol. The molecule has 0 radical (unpaired) electrons. The minimum atomic E-state index is -0.999. The van der Waals surface area contributed by atoms with E-state index in [0.29, 0.717) is 5.92 Å². The van der Waals surface area contributed by atoms with Gasteiger partial charge in [-0.15, -0.1) is 0 Å². The summed E-state index contributed by atoms with van der Waals surface area (Å²) in [6, 6.07) is 0. The van der Waals surface area contributed by atoms with E-state index in [1.54, 1.807) is 0 Å². The molecule has 0 bridgehead atoms. The van der Waals surface area contributed by atoms with Crippen molar-refractivity contribution in [1.82, 2.24) is 0 Å². The van der Waals surface area contributed by atoms with Crippen molar-refractivity contribution in [3.05, 3.63) is 36.5 Å². The van der Waals surface area contributed by atoms with Crippen LogP contribution in [0.3, 0.4) is 0 Å². The van der Waals surface area contributed by atoms with Crippen molar-refractivity contribution in [1.29, 1.82) is 0 Å². The summed E-state index contributed by atoms with van der Waals surface area (Å²) in [4.78, 5) is 0. The van der Waals surface area contributed by atoms with Crippen LogP contribution in [0.2, 0.25) is 0 Å². The fraction of sp³-hybridized carbons (Fsp3) is 0.684. The molecule has 2 rings (SSSR count). The van der Waals surface area contributed by atoms with Gasteiger partial charge in [-0.05, 0) is 73.8 Å². The summed E-state index contributed by atoms with van der Waals surface area (Å²) in [6.07, 6.45) is 11.3. The van der Waals surface area contributed by atoms with Crippen molar-refractivity contribution in [3.63, 3.8) is 0 Å². The molecule has 0 spiro atoms. The maximum atomic E-state index is 13.3. The Labute approximate surface area is 128 Å². The van der Waals surface area contributed by atoms with Crippen molar-refractivity contribution in [3.8, 4) is 0 Å². The third-order valence-corrected chi connectivity index (χ3v) is 5.59. The van der Waals surface area contributed by atoms with Gasteiger partial charge in [0.05, 0.1) is 0 Å². The van der Waals surface area contributed by atoms with Crippen molar-refractivity contribution in [2.24, 2.45) is 23.7 Å². The van der Waals surface area contributed by atoms with Crippen LogP contribution in [0.5, 0.6) is 0 Å². The van der Waals surface area contributed by atoms with Gasteiger partial charge in [0.15, 0.2) is 11.7 Å². The zero-order chi connectivity index (χ0) is 15.4. The lowest BCUT2D eigenvalue weighted by atomic mass is 9.68. The second-order valence-electron chi connectivity index (χ2n) is 7.10. The zero-order valence-electron chi connectivity index (χ0n) is 13.2. The molecule has 0 aromatic heterocycles. The summed E-state index contributed by atoms with van der Waals surface area (Å²) < 4.78 is 25.9. The first-order valence-corrected chi connectivity index (χ1v) is 8.38. The van der Waals surface area contributed by atoms with E-state index in [2.05, 4.69) is 20.1 Å². The first-order valence-electron chi connectivity index (χ1n) is 8.38. The van der Waals surface area contributed by atoms with E-state index >= 15 is 0 Å². The SMILES string of the molecule is C=C(F)/C(F)=C\C(=C)C1CCC(C2CCC(C)CC2)CC1. The van der Waals surface area contributed by atoms with E-state index in [9.17, 15) is 8.78 Å². The van der Waals surface area contributed by atoms with Crippen LogP contribution < -0.4 is 0 Å². The van der Waals surface area contributed by atoms with E-state index in [1.165, 1.54) is 44.6 Å².